The lowest BCUT2D eigenvalue weighted by Crippen LogP contribution is -2.31. The molecule has 0 bridgehead atoms. The molecule has 1 aliphatic rings. The number of carbonyl (C=O) groups excluding carboxylic acids is 3. The Morgan fingerprint density at radius 1 is 0.906 bits per heavy atom. The third-order valence-electron chi connectivity index (χ3n) is 4.71. The second kappa shape index (κ2) is 9.54. The Kier molecular flexibility index (Phi) is 6.57. The van der Waals surface area contributed by atoms with Crippen molar-refractivity contribution in [1.29, 1.82) is 0 Å². The minimum Gasteiger partial charge on any atom is -0.423 e. The van der Waals surface area contributed by atoms with Crippen molar-refractivity contribution in [3.8, 4) is 5.75 Å². The van der Waals surface area contributed by atoms with Gasteiger partial charge in [0.1, 0.15) is 16.5 Å². The van der Waals surface area contributed by atoms with Gasteiger partial charge in [0.15, 0.2) is 0 Å². The summed E-state index contributed by atoms with van der Waals surface area (Å²) in [7, 11) is 0. The van der Waals surface area contributed by atoms with Crippen LogP contribution in [0.25, 0.3) is 0 Å². The maximum atomic E-state index is 12.8. The first-order chi connectivity index (χ1) is 15.4. The Labute approximate surface area is 203 Å². The lowest BCUT2D eigenvalue weighted by Gasteiger charge is -2.15. The molecule has 0 aromatic heterocycles. The van der Waals surface area contributed by atoms with Crippen LogP contribution in [0.4, 0.5) is 5.69 Å². The first kappa shape index (κ1) is 22.0. The smallest absolute Gasteiger partial charge is 0.343 e. The summed E-state index contributed by atoms with van der Waals surface area (Å²) in [6.07, 6.45) is 0. The highest BCUT2D eigenvalue weighted by Gasteiger charge is 2.37. The van der Waals surface area contributed by atoms with Gasteiger partial charge in [0, 0.05) is 9.26 Å². The number of benzene rings is 3. The molecule has 6 nitrogen and oxygen atoms in total. The molecule has 0 saturated carbocycles. The number of amides is 2. The Hall–Kier alpha value is -3.17. The van der Waals surface area contributed by atoms with E-state index in [-0.39, 0.29) is 17.3 Å². The van der Waals surface area contributed by atoms with Crippen molar-refractivity contribution in [3.63, 3.8) is 0 Å². The highest BCUT2D eigenvalue weighted by Crippen LogP contribution is 2.27. The van der Waals surface area contributed by atoms with Gasteiger partial charge in [-0.2, -0.15) is 0 Å². The molecular weight excluding hydrogens is 543 g/mol. The molecule has 3 aromatic carbocycles. The summed E-state index contributed by atoms with van der Waals surface area (Å²) >= 11 is 8.32. The molecular formula is C24H16ClIN2O4. The number of carbonyl (C=O) groups is 3. The zero-order chi connectivity index (χ0) is 22.7. The standard InChI is InChI=1S/C24H16ClIN2O4/c25-20-21(23(30)28(22(20)29)14-15-4-2-1-3-5-15)27-18-10-6-16(7-11-18)24(31)32-19-12-8-17(26)9-13-19/h1-13,27H,14H2. The molecule has 32 heavy (non-hydrogen) atoms. The lowest BCUT2D eigenvalue weighted by molar-refractivity contribution is -0.138. The van der Waals surface area contributed by atoms with Crippen LogP contribution in [0.3, 0.4) is 0 Å². The third kappa shape index (κ3) is 4.84. The van der Waals surface area contributed by atoms with Gasteiger partial charge >= 0.3 is 5.97 Å². The number of halogens is 2. The molecule has 160 valence electrons. The fraction of sp³-hybridized carbons (Fsp3) is 0.0417. The van der Waals surface area contributed by atoms with Crippen molar-refractivity contribution in [1.82, 2.24) is 4.90 Å². The number of anilines is 1. The molecule has 0 fully saturated rings. The average Bonchev–Trinajstić information content (AvgIpc) is 3.00. The van der Waals surface area contributed by atoms with Crippen molar-refractivity contribution in [2.75, 3.05) is 5.32 Å². The second-order valence-corrected chi connectivity index (χ2v) is 8.54. The average molecular weight is 559 g/mol. The van der Waals surface area contributed by atoms with Crippen LogP contribution in [0.15, 0.2) is 89.6 Å². The van der Waals surface area contributed by atoms with Gasteiger partial charge in [0.2, 0.25) is 0 Å². The predicted octanol–water partition coefficient (Wildman–Crippen LogP) is 4.94. The van der Waals surface area contributed by atoms with E-state index in [1.165, 1.54) is 0 Å². The molecule has 2 amide bonds. The van der Waals surface area contributed by atoms with Crippen LogP contribution in [0.1, 0.15) is 15.9 Å². The quantitative estimate of drug-likeness (QED) is 0.201. The van der Waals surface area contributed by atoms with Gasteiger partial charge < -0.3 is 10.1 Å². The van der Waals surface area contributed by atoms with Crippen molar-refractivity contribution in [3.05, 3.63) is 104 Å². The summed E-state index contributed by atoms with van der Waals surface area (Å²) in [5, 5.41) is 2.72. The first-order valence-electron chi connectivity index (χ1n) is 9.57. The van der Waals surface area contributed by atoms with E-state index in [0.29, 0.717) is 17.0 Å². The molecule has 1 heterocycles. The highest BCUT2D eigenvalue weighted by atomic mass is 127. The molecule has 0 saturated heterocycles. The van der Waals surface area contributed by atoms with E-state index < -0.39 is 17.8 Å². The van der Waals surface area contributed by atoms with Crippen molar-refractivity contribution in [2.45, 2.75) is 6.54 Å². The van der Waals surface area contributed by atoms with E-state index in [1.807, 2.05) is 42.5 Å². The summed E-state index contributed by atoms with van der Waals surface area (Å²) < 4.78 is 6.38. The minimum atomic E-state index is -0.555. The van der Waals surface area contributed by atoms with Crippen LogP contribution in [-0.2, 0) is 16.1 Å². The van der Waals surface area contributed by atoms with Gasteiger partial charge in [-0.1, -0.05) is 41.9 Å². The maximum Gasteiger partial charge on any atom is 0.343 e. The Balaban J connectivity index is 1.43. The van der Waals surface area contributed by atoms with E-state index in [0.717, 1.165) is 14.0 Å². The summed E-state index contributed by atoms with van der Waals surface area (Å²) in [4.78, 5) is 38.7. The van der Waals surface area contributed by atoms with Crippen LogP contribution >= 0.6 is 34.2 Å². The molecule has 3 aromatic rings. The normalized spacial score (nSPS) is 13.5. The molecule has 0 radical (unpaired) electrons. The number of rotatable bonds is 6. The summed E-state index contributed by atoms with van der Waals surface area (Å²) in [6.45, 7) is 0.128. The molecule has 0 unspecified atom stereocenters. The van der Waals surface area contributed by atoms with Gasteiger partial charge in [-0.3, -0.25) is 14.5 Å². The molecule has 4 rings (SSSR count). The van der Waals surface area contributed by atoms with Crippen LogP contribution < -0.4 is 10.1 Å². The van der Waals surface area contributed by atoms with Crippen LogP contribution in [0.2, 0.25) is 0 Å². The van der Waals surface area contributed by atoms with Crippen molar-refractivity contribution < 1.29 is 19.1 Å². The van der Waals surface area contributed by atoms with E-state index >= 15 is 0 Å². The van der Waals surface area contributed by atoms with Gasteiger partial charge in [-0.15, -0.1) is 0 Å². The van der Waals surface area contributed by atoms with E-state index in [9.17, 15) is 14.4 Å². The van der Waals surface area contributed by atoms with Gasteiger partial charge in [0.05, 0.1) is 12.1 Å². The maximum absolute atomic E-state index is 12.8. The lowest BCUT2D eigenvalue weighted by atomic mass is 10.2. The summed E-state index contributed by atoms with van der Waals surface area (Å²) in [6, 6.07) is 22.6. The largest absolute Gasteiger partial charge is 0.423 e. The van der Waals surface area contributed by atoms with Crippen molar-refractivity contribution >= 4 is 57.7 Å². The molecule has 1 aliphatic heterocycles. The fourth-order valence-electron chi connectivity index (χ4n) is 3.07. The number of hydrogen-bond acceptors (Lipinski definition) is 5. The SMILES string of the molecule is O=C(Oc1ccc(I)cc1)c1ccc(NC2=C(Cl)C(=O)N(Cc3ccccc3)C2=O)cc1. The Morgan fingerprint density at radius 2 is 1.56 bits per heavy atom. The number of hydrogen-bond donors (Lipinski definition) is 1. The van der Waals surface area contributed by atoms with E-state index in [1.54, 1.807) is 36.4 Å². The number of nitrogens with zero attached hydrogens (tertiary/aromatic N) is 1. The van der Waals surface area contributed by atoms with Crippen LogP contribution in [-0.4, -0.2) is 22.7 Å². The monoisotopic (exact) mass is 558 g/mol. The first-order valence-corrected chi connectivity index (χ1v) is 11.0. The van der Waals surface area contributed by atoms with Crippen LogP contribution in [0.5, 0.6) is 5.75 Å². The molecule has 0 spiro atoms. The van der Waals surface area contributed by atoms with Crippen molar-refractivity contribution in [2.24, 2.45) is 0 Å². The van der Waals surface area contributed by atoms with Gasteiger partial charge in [-0.05, 0) is 76.7 Å². The fourth-order valence-corrected chi connectivity index (χ4v) is 3.66. The Morgan fingerprint density at radius 3 is 2.22 bits per heavy atom. The molecule has 0 atom stereocenters. The second-order valence-electron chi connectivity index (χ2n) is 6.92. The van der Waals surface area contributed by atoms with E-state index in [4.69, 9.17) is 16.3 Å². The highest BCUT2D eigenvalue weighted by molar-refractivity contribution is 14.1. The van der Waals surface area contributed by atoms with E-state index in [2.05, 4.69) is 27.9 Å². The third-order valence-corrected chi connectivity index (χ3v) is 5.78. The van der Waals surface area contributed by atoms with Gasteiger partial charge in [0.25, 0.3) is 11.8 Å². The number of ether oxygens (including phenoxy) is 1. The number of imide groups is 1. The number of nitrogens with one attached hydrogen (secondary N) is 1. The van der Waals surface area contributed by atoms with Crippen LogP contribution in [0, 0.1) is 3.57 Å². The topological polar surface area (TPSA) is 75.7 Å². The van der Waals surface area contributed by atoms with Gasteiger partial charge in [-0.25, -0.2) is 4.79 Å². The Bertz CT molecular complexity index is 1210. The zero-order valence-corrected chi connectivity index (χ0v) is 19.5. The predicted molar refractivity (Wildman–Crippen MR) is 129 cm³/mol. The summed E-state index contributed by atoms with van der Waals surface area (Å²) in [5.74, 6) is -1.12. The molecule has 1 N–H and O–H groups in total. The number of esters is 1. The molecule has 8 heteroatoms. The summed E-state index contributed by atoms with van der Waals surface area (Å²) in [5.41, 5.74) is 1.66. The molecule has 0 aliphatic carbocycles. The minimum absolute atomic E-state index is 0.00168. The zero-order valence-electron chi connectivity index (χ0n) is 16.5.